The van der Waals surface area contributed by atoms with Crippen LogP contribution in [0.15, 0.2) is 6.20 Å². The lowest BCUT2D eigenvalue weighted by molar-refractivity contribution is -0.101. The average molecular weight is 238 g/mol. The van der Waals surface area contributed by atoms with Crippen molar-refractivity contribution in [2.24, 2.45) is 7.05 Å². The average Bonchev–Trinajstić information content (AvgIpc) is 2.68. The summed E-state index contributed by atoms with van der Waals surface area (Å²) < 4.78 is 7.62. The molecule has 17 heavy (non-hydrogen) atoms. The summed E-state index contributed by atoms with van der Waals surface area (Å²) in [5.74, 6) is 0. The number of methoxy groups -OCH3 is 1. The normalized spacial score (nSPS) is 19.9. The summed E-state index contributed by atoms with van der Waals surface area (Å²) in [5, 5.41) is 11.6. The van der Waals surface area contributed by atoms with Crippen LogP contribution in [0.4, 0.5) is 0 Å². The maximum Gasteiger partial charge on any atom is 0.0888 e. The predicted octanol–water partition coefficient (Wildman–Crippen LogP) is 1.42. The molecule has 1 aromatic rings. The van der Waals surface area contributed by atoms with E-state index in [-0.39, 0.29) is 11.6 Å². The summed E-state index contributed by atoms with van der Waals surface area (Å²) in [5.41, 5.74) is 1.05. The fraction of sp³-hybridized carbons (Fsp3) is 0.833. The zero-order valence-electron chi connectivity index (χ0n) is 10.9. The van der Waals surface area contributed by atoms with Crippen molar-refractivity contribution in [2.75, 3.05) is 13.7 Å². The second-order valence-corrected chi connectivity index (χ2v) is 4.79. The van der Waals surface area contributed by atoms with Crippen LogP contribution in [0.1, 0.15) is 44.3 Å². The zero-order chi connectivity index (χ0) is 12.3. The highest BCUT2D eigenvalue weighted by molar-refractivity contribution is 5.13. The molecule has 96 valence electrons. The predicted molar refractivity (Wildman–Crippen MR) is 65.6 cm³/mol. The van der Waals surface area contributed by atoms with Crippen LogP contribution < -0.4 is 5.32 Å². The van der Waals surface area contributed by atoms with Gasteiger partial charge in [0, 0.05) is 14.2 Å². The molecular weight excluding hydrogens is 216 g/mol. The first-order chi connectivity index (χ1) is 8.23. The SMILES string of the molecule is CCCNC(c1cnnn1C)C1(OC)CCC1. The highest BCUT2D eigenvalue weighted by Crippen LogP contribution is 2.44. The first-order valence-electron chi connectivity index (χ1n) is 6.36. The Kier molecular flexibility index (Phi) is 3.79. The molecule has 0 aromatic carbocycles. The van der Waals surface area contributed by atoms with Crippen LogP contribution in [0.5, 0.6) is 0 Å². The third-order valence-corrected chi connectivity index (χ3v) is 3.78. The third-order valence-electron chi connectivity index (χ3n) is 3.78. The zero-order valence-corrected chi connectivity index (χ0v) is 10.9. The molecule has 1 N–H and O–H groups in total. The summed E-state index contributed by atoms with van der Waals surface area (Å²) in [4.78, 5) is 0. The molecule has 2 rings (SSSR count). The molecular formula is C12H22N4O. The van der Waals surface area contributed by atoms with Gasteiger partial charge < -0.3 is 10.1 Å². The van der Waals surface area contributed by atoms with Crippen LogP contribution in [0, 0.1) is 0 Å². The Morgan fingerprint density at radius 3 is 2.76 bits per heavy atom. The number of aryl methyl sites for hydroxylation is 1. The van der Waals surface area contributed by atoms with Crippen LogP contribution in [0.2, 0.25) is 0 Å². The van der Waals surface area contributed by atoms with Crippen molar-refractivity contribution >= 4 is 0 Å². The number of rotatable bonds is 6. The maximum atomic E-state index is 5.78. The number of nitrogens with one attached hydrogen (secondary N) is 1. The van der Waals surface area contributed by atoms with E-state index in [9.17, 15) is 0 Å². The van der Waals surface area contributed by atoms with Crippen molar-refractivity contribution in [3.8, 4) is 0 Å². The van der Waals surface area contributed by atoms with Gasteiger partial charge in [-0.1, -0.05) is 12.1 Å². The van der Waals surface area contributed by atoms with E-state index in [1.807, 2.05) is 25.0 Å². The van der Waals surface area contributed by atoms with Gasteiger partial charge in [-0.3, -0.25) is 4.68 Å². The van der Waals surface area contributed by atoms with Crippen LogP contribution >= 0.6 is 0 Å². The van der Waals surface area contributed by atoms with Gasteiger partial charge in [-0.15, -0.1) is 5.10 Å². The molecule has 0 amide bonds. The second-order valence-electron chi connectivity index (χ2n) is 4.79. The van der Waals surface area contributed by atoms with E-state index in [2.05, 4.69) is 22.6 Å². The molecule has 0 bridgehead atoms. The van der Waals surface area contributed by atoms with Crippen molar-refractivity contribution < 1.29 is 4.74 Å². The van der Waals surface area contributed by atoms with Gasteiger partial charge in [0.05, 0.1) is 23.5 Å². The Bertz CT molecular complexity index is 354. The van der Waals surface area contributed by atoms with Gasteiger partial charge in [0.2, 0.25) is 0 Å². The van der Waals surface area contributed by atoms with Crippen LogP contribution in [0.3, 0.4) is 0 Å². The highest BCUT2D eigenvalue weighted by atomic mass is 16.5. The fourth-order valence-electron chi connectivity index (χ4n) is 2.54. The molecule has 5 nitrogen and oxygen atoms in total. The third kappa shape index (κ3) is 2.21. The number of aromatic nitrogens is 3. The monoisotopic (exact) mass is 238 g/mol. The molecule has 0 saturated heterocycles. The topological polar surface area (TPSA) is 52.0 Å². The standard InChI is InChI=1S/C12H22N4O/c1-4-8-13-11(10-9-14-15-16(10)2)12(17-3)6-5-7-12/h9,11,13H,4-8H2,1-3H3. The summed E-state index contributed by atoms with van der Waals surface area (Å²) in [6.45, 7) is 3.16. The lowest BCUT2D eigenvalue weighted by Crippen LogP contribution is -2.51. The van der Waals surface area contributed by atoms with Crippen molar-refractivity contribution in [2.45, 2.75) is 44.2 Å². The Labute approximate surface area is 103 Å². The summed E-state index contributed by atoms with van der Waals surface area (Å²) in [6, 6.07) is 0.196. The van der Waals surface area contributed by atoms with Crippen molar-refractivity contribution in [3.63, 3.8) is 0 Å². The number of hydrogen-bond donors (Lipinski definition) is 1. The van der Waals surface area contributed by atoms with Crippen molar-refractivity contribution in [1.29, 1.82) is 0 Å². The Morgan fingerprint density at radius 1 is 1.59 bits per heavy atom. The molecule has 0 spiro atoms. The number of nitrogens with zero attached hydrogens (tertiary/aromatic N) is 3. The van der Waals surface area contributed by atoms with Gasteiger partial charge in [-0.05, 0) is 32.2 Å². The summed E-state index contributed by atoms with van der Waals surface area (Å²) in [6.07, 6.45) is 6.41. The van der Waals surface area contributed by atoms with Gasteiger partial charge in [-0.2, -0.15) is 0 Å². The Morgan fingerprint density at radius 2 is 2.35 bits per heavy atom. The van der Waals surface area contributed by atoms with Crippen molar-refractivity contribution in [3.05, 3.63) is 11.9 Å². The van der Waals surface area contributed by atoms with E-state index in [1.165, 1.54) is 6.42 Å². The first-order valence-corrected chi connectivity index (χ1v) is 6.36. The maximum absolute atomic E-state index is 5.78. The molecule has 1 saturated carbocycles. The number of hydrogen-bond acceptors (Lipinski definition) is 4. The minimum atomic E-state index is -0.0648. The molecule has 1 atom stereocenters. The molecule has 0 radical (unpaired) electrons. The molecule has 1 aliphatic rings. The second kappa shape index (κ2) is 5.14. The van der Waals surface area contributed by atoms with Crippen LogP contribution in [0.25, 0.3) is 0 Å². The number of ether oxygens (including phenoxy) is 1. The van der Waals surface area contributed by atoms with Gasteiger partial charge in [0.15, 0.2) is 0 Å². The van der Waals surface area contributed by atoms with E-state index < -0.39 is 0 Å². The summed E-state index contributed by atoms with van der Waals surface area (Å²) >= 11 is 0. The van der Waals surface area contributed by atoms with Gasteiger partial charge in [0.1, 0.15) is 0 Å². The molecule has 1 unspecified atom stereocenters. The van der Waals surface area contributed by atoms with Crippen LogP contribution in [-0.2, 0) is 11.8 Å². The lowest BCUT2D eigenvalue weighted by atomic mass is 9.73. The summed E-state index contributed by atoms with van der Waals surface area (Å²) in [7, 11) is 3.74. The van der Waals surface area contributed by atoms with E-state index in [0.29, 0.717) is 0 Å². The molecule has 5 heteroatoms. The van der Waals surface area contributed by atoms with Gasteiger partial charge >= 0.3 is 0 Å². The molecule has 1 fully saturated rings. The Hall–Kier alpha value is -0.940. The van der Waals surface area contributed by atoms with Gasteiger partial charge in [0.25, 0.3) is 0 Å². The largest absolute Gasteiger partial charge is 0.376 e. The van der Waals surface area contributed by atoms with E-state index >= 15 is 0 Å². The fourth-order valence-corrected chi connectivity index (χ4v) is 2.54. The quantitative estimate of drug-likeness (QED) is 0.814. The molecule has 1 aliphatic carbocycles. The molecule has 1 heterocycles. The van der Waals surface area contributed by atoms with Crippen molar-refractivity contribution in [1.82, 2.24) is 20.3 Å². The Balaban J connectivity index is 2.21. The minimum absolute atomic E-state index is 0.0648. The van der Waals surface area contributed by atoms with E-state index in [1.54, 1.807) is 0 Å². The highest BCUT2D eigenvalue weighted by Gasteiger charge is 2.46. The minimum Gasteiger partial charge on any atom is -0.376 e. The van der Waals surface area contributed by atoms with E-state index in [0.717, 1.165) is 31.5 Å². The molecule has 1 aromatic heterocycles. The van der Waals surface area contributed by atoms with Crippen LogP contribution in [-0.4, -0.2) is 34.2 Å². The lowest BCUT2D eigenvalue weighted by Gasteiger charge is -2.46. The molecule has 0 aliphatic heterocycles. The van der Waals surface area contributed by atoms with Gasteiger partial charge in [-0.25, -0.2) is 0 Å². The first kappa shape index (κ1) is 12.5. The smallest absolute Gasteiger partial charge is 0.0888 e. The van der Waals surface area contributed by atoms with E-state index in [4.69, 9.17) is 4.74 Å².